The van der Waals surface area contributed by atoms with Gasteiger partial charge in [0.05, 0.1) is 12.0 Å². The lowest BCUT2D eigenvalue weighted by Crippen LogP contribution is -1.86. The van der Waals surface area contributed by atoms with E-state index >= 15 is 0 Å². The maximum Gasteiger partial charge on any atom is 0.213 e. The van der Waals surface area contributed by atoms with E-state index in [0.717, 1.165) is 22.3 Å². The first-order valence-corrected chi connectivity index (χ1v) is 5.25. The molecule has 0 spiro atoms. The zero-order valence-electron chi connectivity index (χ0n) is 8.14. The van der Waals surface area contributed by atoms with E-state index in [9.17, 15) is 4.79 Å². The van der Waals surface area contributed by atoms with Gasteiger partial charge in [-0.05, 0) is 28.6 Å². The number of rotatable bonds is 3. The zero-order chi connectivity index (χ0) is 10.7. The molecule has 0 unspecified atom stereocenters. The molecule has 0 aliphatic carbocycles. The summed E-state index contributed by atoms with van der Waals surface area (Å²) in [5.74, 6) is 0.575. The Morgan fingerprint density at radius 1 is 1.40 bits per heavy atom. The summed E-state index contributed by atoms with van der Waals surface area (Å²) in [5.41, 5.74) is 2.02. The maximum absolute atomic E-state index is 10.5. The van der Waals surface area contributed by atoms with Crippen molar-refractivity contribution in [3.05, 3.63) is 34.7 Å². The largest absolute Gasteiger partial charge is 0.481 e. The van der Waals surface area contributed by atoms with Crippen LogP contribution in [-0.2, 0) is 0 Å². The Morgan fingerprint density at radius 3 is 2.93 bits per heavy atom. The monoisotopic (exact) mass is 219 g/mol. The minimum Gasteiger partial charge on any atom is -0.481 e. The third-order valence-electron chi connectivity index (χ3n) is 2.01. The summed E-state index contributed by atoms with van der Waals surface area (Å²) in [5, 5.41) is 1.94. The standard InChI is InChI=1S/C11H9NO2S/c1-14-11-5-8(2-3-12-11)9-4-10(6-13)15-7-9/h2-7H,1H3. The van der Waals surface area contributed by atoms with Crippen molar-refractivity contribution in [3.63, 3.8) is 0 Å². The van der Waals surface area contributed by atoms with E-state index in [4.69, 9.17) is 4.74 Å². The van der Waals surface area contributed by atoms with Crippen molar-refractivity contribution in [1.82, 2.24) is 4.98 Å². The van der Waals surface area contributed by atoms with E-state index in [2.05, 4.69) is 4.98 Å². The highest BCUT2D eigenvalue weighted by atomic mass is 32.1. The Morgan fingerprint density at radius 2 is 2.27 bits per heavy atom. The molecule has 0 aliphatic heterocycles. The third kappa shape index (κ3) is 2.05. The lowest BCUT2D eigenvalue weighted by atomic mass is 10.1. The minimum absolute atomic E-state index is 0.575. The highest BCUT2D eigenvalue weighted by Gasteiger charge is 2.03. The van der Waals surface area contributed by atoms with Crippen LogP contribution in [0.5, 0.6) is 5.88 Å². The number of hydrogen-bond donors (Lipinski definition) is 0. The summed E-state index contributed by atoms with van der Waals surface area (Å²) >= 11 is 1.43. The molecule has 2 heterocycles. The zero-order valence-corrected chi connectivity index (χ0v) is 8.95. The van der Waals surface area contributed by atoms with Crippen LogP contribution in [0.1, 0.15) is 9.67 Å². The van der Waals surface area contributed by atoms with Crippen LogP contribution in [0.2, 0.25) is 0 Å². The number of methoxy groups -OCH3 is 1. The molecule has 3 nitrogen and oxygen atoms in total. The summed E-state index contributed by atoms with van der Waals surface area (Å²) in [6.45, 7) is 0. The lowest BCUT2D eigenvalue weighted by molar-refractivity contribution is 0.112. The van der Waals surface area contributed by atoms with Crippen LogP contribution in [0.4, 0.5) is 0 Å². The van der Waals surface area contributed by atoms with Gasteiger partial charge in [-0.1, -0.05) is 0 Å². The Hall–Kier alpha value is -1.68. The van der Waals surface area contributed by atoms with E-state index in [-0.39, 0.29) is 0 Å². The predicted molar refractivity (Wildman–Crippen MR) is 59.5 cm³/mol. The molecule has 2 aromatic rings. The molecule has 0 saturated heterocycles. The van der Waals surface area contributed by atoms with Crippen LogP contribution in [0, 0.1) is 0 Å². The highest BCUT2D eigenvalue weighted by molar-refractivity contribution is 7.12. The quantitative estimate of drug-likeness (QED) is 0.745. The first kappa shape index (κ1) is 9.86. The van der Waals surface area contributed by atoms with Gasteiger partial charge in [0.2, 0.25) is 5.88 Å². The van der Waals surface area contributed by atoms with Gasteiger partial charge in [-0.2, -0.15) is 0 Å². The summed E-state index contributed by atoms with van der Waals surface area (Å²) in [7, 11) is 1.58. The van der Waals surface area contributed by atoms with Gasteiger partial charge in [0, 0.05) is 12.3 Å². The first-order valence-electron chi connectivity index (χ1n) is 4.37. The van der Waals surface area contributed by atoms with Crippen LogP contribution in [0.25, 0.3) is 11.1 Å². The van der Waals surface area contributed by atoms with Gasteiger partial charge in [-0.15, -0.1) is 11.3 Å². The van der Waals surface area contributed by atoms with E-state index in [1.807, 2.05) is 23.6 Å². The second-order valence-corrected chi connectivity index (χ2v) is 3.89. The third-order valence-corrected chi connectivity index (χ3v) is 2.87. The van der Waals surface area contributed by atoms with Gasteiger partial charge >= 0.3 is 0 Å². The predicted octanol–water partition coefficient (Wildman–Crippen LogP) is 2.63. The Bertz CT molecular complexity index is 479. The molecule has 0 bridgehead atoms. The van der Waals surface area contributed by atoms with Crippen molar-refractivity contribution in [3.8, 4) is 17.0 Å². The van der Waals surface area contributed by atoms with Crippen LogP contribution < -0.4 is 4.74 Å². The number of carbonyl (C=O) groups excluding carboxylic acids is 1. The minimum atomic E-state index is 0.575. The fourth-order valence-corrected chi connectivity index (χ4v) is 1.98. The molecule has 0 aliphatic rings. The van der Waals surface area contributed by atoms with E-state index in [0.29, 0.717) is 5.88 Å². The van der Waals surface area contributed by atoms with E-state index in [1.165, 1.54) is 11.3 Å². The Balaban J connectivity index is 2.39. The Kier molecular flexibility index (Phi) is 2.78. The molecule has 0 radical (unpaired) electrons. The molecule has 15 heavy (non-hydrogen) atoms. The maximum atomic E-state index is 10.5. The Labute approximate surface area is 91.4 Å². The number of nitrogens with zero attached hydrogens (tertiary/aromatic N) is 1. The topological polar surface area (TPSA) is 39.2 Å². The average Bonchev–Trinajstić information content (AvgIpc) is 2.78. The fourth-order valence-electron chi connectivity index (χ4n) is 1.27. The van der Waals surface area contributed by atoms with Crippen molar-refractivity contribution < 1.29 is 9.53 Å². The molecule has 0 aromatic carbocycles. The van der Waals surface area contributed by atoms with Crippen molar-refractivity contribution in [2.24, 2.45) is 0 Å². The molecular formula is C11H9NO2S. The molecule has 0 amide bonds. The number of carbonyl (C=O) groups is 1. The molecule has 2 rings (SSSR count). The molecule has 2 aromatic heterocycles. The lowest BCUT2D eigenvalue weighted by Gasteiger charge is -2.00. The van der Waals surface area contributed by atoms with Crippen LogP contribution >= 0.6 is 11.3 Å². The molecule has 76 valence electrons. The van der Waals surface area contributed by atoms with Gasteiger partial charge < -0.3 is 4.74 Å². The van der Waals surface area contributed by atoms with Crippen LogP contribution in [0.3, 0.4) is 0 Å². The van der Waals surface area contributed by atoms with Gasteiger partial charge in [-0.25, -0.2) is 4.98 Å². The molecular weight excluding hydrogens is 210 g/mol. The average molecular weight is 219 g/mol. The van der Waals surface area contributed by atoms with Gasteiger partial charge in [0.15, 0.2) is 6.29 Å². The van der Waals surface area contributed by atoms with E-state index < -0.39 is 0 Å². The van der Waals surface area contributed by atoms with Crippen LogP contribution in [-0.4, -0.2) is 18.4 Å². The number of ether oxygens (including phenoxy) is 1. The number of aldehydes is 1. The second-order valence-electron chi connectivity index (χ2n) is 2.94. The van der Waals surface area contributed by atoms with Gasteiger partial charge in [0.1, 0.15) is 0 Å². The van der Waals surface area contributed by atoms with Gasteiger partial charge in [-0.3, -0.25) is 4.79 Å². The van der Waals surface area contributed by atoms with Crippen molar-refractivity contribution in [1.29, 1.82) is 0 Å². The van der Waals surface area contributed by atoms with Crippen molar-refractivity contribution >= 4 is 17.6 Å². The summed E-state index contributed by atoms with van der Waals surface area (Å²) < 4.78 is 5.03. The highest BCUT2D eigenvalue weighted by Crippen LogP contribution is 2.26. The molecule has 4 heteroatoms. The smallest absolute Gasteiger partial charge is 0.213 e. The number of pyridine rings is 1. The number of hydrogen-bond acceptors (Lipinski definition) is 4. The number of thiophene rings is 1. The summed E-state index contributed by atoms with van der Waals surface area (Å²) in [4.78, 5) is 15.3. The number of aromatic nitrogens is 1. The summed E-state index contributed by atoms with van der Waals surface area (Å²) in [6, 6.07) is 5.59. The molecule has 0 fully saturated rings. The molecule has 0 saturated carbocycles. The molecule has 0 N–H and O–H groups in total. The van der Waals surface area contributed by atoms with E-state index in [1.54, 1.807) is 13.3 Å². The molecule has 0 atom stereocenters. The van der Waals surface area contributed by atoms with Crippen molar-refractivity contribution in [2.75, 3.05) is 7.11 Å². The SMILES string of the molecule is COc1cc(-c2csc(C=O)c2)ccn1. The normalized spacial score (nSPS) is 9.93. The van der Waals surface area contributed by atoms with Gasteiger partial charge in [0.25, 0.3) is 0 Å². The van der Waals surface area contributed by atoms with Crippen molar-refractivity contribution in [2.45, 2.75) is 0 Å². The second kappa shape index (κ2) is 4.23. The summed E-state index contributed by atoms with van der Waals surface area (Å²) in [6.07, 6.45) is 2.54. The fraction of sp³-hybridized carbons (Fsp3) is 0.0909. The first-order chi connectivity index (χ1) is 7.33. The van der Waals surface area contributed by atoms with Crippen LogP contribution in [0.15, 0.2) is 29.8 Å².